The number of aryl methyl sites for hydroxylation is 2. The number of hydrogen-bond donors (Lipinski definition) is 2. The second-order valence-corrected chi connectivity index (χ2v) is 7.84. The molecule has 0 saturated carbocycles. The number of piperazine rings is 1. The summed E-state index contributed by atoms with van der Waals surface area (Å²) in [7, 11) is 0. The molecule has 28 heavy (non-hydrogen) atoms. The van der Waals surface area contributed by atoms with Crippen LogP contribution in [0.3, 0.4) is 0 Å². The van der Waals surface area contributed by atoms with Gasteiger partial charge in [0.15, 0.2) is 5.13 Å². The van der Waals surface area contributed by atoms with Crippen LogP contribution in [0.15, 0.2) is 23.6 Å². The molecule has 0 spiro atoms. The summed E-state index contributed by atoms with van der Waals surface area (Å²) in [5, 5.41) is 8.28. The Balaban J connectivity index is 1.50. The fourth-order valence-electron chi connectivity index (χ4n) is 3.10. The number of anilines is 1. The van der Waals surface area contributed by atoms with Gasteiger partial charge in [0, 0.05) is 43.7 Å². The third kappa shape index (κ3) is 5.08. The number of nitrogens with zero attached hydrogens (tertiary/aromatic N) is 3. The van der Waals surface area contributed by atoms with E-state index in [1.165, 1.54) is 22.5 Å². The number of rotatable bonds is 5. The minimum Gasteiger partial charge on any atom is -0.338 e. The molecule has 1 fully saturated rings. The van der Waals surface area contributed by atoms with Crippen molar-refractivity contribution < 1.29 is 9.59 Å². The molecule has 1 aliphatic rings. The van der Waals surface area contributed by atoms with Gasteiger partial charge >= 0.3 is 6.03 Å². The maximum Gasteiger partial charge on any atom is 0.317 e. The molecular formula is C20H27N5O2S. The lowest BCUT2D eigenvalue weighted by Crippen LogP contribution is -2.52. The summed E-state index contributed by atoms with van der Waals surface area (Å²) >= 11 is 1.43. The SMILES string of the molecule is CCNC(=O)N1CCN(CC(=O)Nc2nc(-c3ccc(C)c(C)c3)cs2)CC1. The van der Waals surface area contributed by atoms with E-state index in [1.54, 1.807) is 4.90 Å². The number of amides is 3. The fraction of sp³-hybridized carbons (Fsp3) is 0.450. The molecule has 150 valence electrons. The minimum atomic E-state index is -0.0764. The van der Waals surface area contributed by atoms with Crippen LogP contribution in [0.4, 0.5) is 9.93 Å². The van der Waals surface area contributed by atoms with Crippen LogP contribution in [0.1, 0.15) is 18.1 Å². The first-order valence-electron chi connectivity index (χ1n) is 9.54. The number of carbonyl (C=O) groups is 2. The molecule has 1 aromatic heterocycles. The summed E-state index contributed by atoms with van der Waals surface area (Å²) in [5.41, 5.74) is 4.41. The fourth-order valence-corrected chi connectivity index (χ4v) is 3.83. The van der Waals surface area contributed by atoms with Gasteiger partial charge in [0.1, 0.15) is 0 Å². The molecule has 2 aromatic rings. The molecule has 0 unspecified atom stereocenters. The third-order valence-corrected chi connectivity index (χ3v) is 5.67. The van der Waals surface area contributed by atoms with Crippen LogP contribution in [0.25, 0.3) is 11.3 Å². The Hall–Kier alpha value is -2.45. The third-order valence-electron chi connectivity index (χ3n) is 4.91. The van der Waals surface area contributed by atoms with Gasteiger partial charge in [-0.25, -0.2) is 9.78 Å². The van der Waals surface area contributed by atoms with Crippen molar-refractivity contribution in [2.75, 3.05) is 44.6 Å². The largest absolute Gasteiger partial charge is 0.338 e. The van der Waals surface area contributed by atoms with Crippen molar-refractivity contribution in [1.29, 1.82) is 0 Å². The number of carbonyl (C=O) groups excluding carboxylic acids is 2. The van der Waals surface area contributed by atoms with Crippen LogP contribution >= 0.6 is 11.3 Å². The highest BCUT2D eigenvalue weighted by Crippen LogP contribution is 2.26. The van der Waals surface area contributed by atoms with Crippen molar-refractivity contribution in [3.63, 3.8) is 0 Å². The number of urea groups is 1. The van der Waals surface area contributed by atoms with Crippen molar-refractivity contribution in [3.05, 3.63) is 34.7 Å². The molecular weight excluding hydrogens is 374 g/mol. The Labute approximate surface area is 169 Å². The molecule has 1 aliphatic heterocycles. The summed E-state index contributed by atoms with van der Waals surface area (Å²) in [6.07, 6.45) is 0. The molecule has 3 rings (SSSR count). The van der Waals surface area contributed by atoms with E-state index in [1.807, 2.05) is 12.3 Å². The molecule has 0 bridgehead atoms. The van der Waals surface area contributed by atoms with E-state index in [4.69, 9.17) is 0 Å². The maximum absolute atomic E-state index is 12.4. The number of hydrogen-bond acceptors (Lipinski definition) is 5. The van der Waals surface area contributed by atoms with Crippen LogP contribution in [-0.2, 0) is 4.79 Å². The van der Waals surface area contributed by atoms with Gasteiger partial charge in [-0.15, -0.1) is 11.3 Å². The number of nitrogens with one attached hydrogen (secondary N) is 2. The second-order valence-electron chi connectivity index (χ2n) is 6.98. The van der Waals surface area contributed by atoms with Crippen LogP contribution in [-0.4, -0.2) is 66.0 Å². The van der Waals surface area contributed by atoms with Gasteiger partial charge < -0.3 is 15.5 Å². The first-order chi connectivity index (χ1) is 13.5. The first-order valence-corrected chi connectivity index (χ1v) is 10.4. The van der Waals surface area contributed by atoms with Gasteiger partial charge in [-0.05, 0) is 38.0 Å². The van der Waals surface area contributed by atoms with Crippen LogP contribution < -0.4 is 10.6 Å². The molecule has 1 aromatic carbocycles. The van der Waals surface area contributed by atoms with E-state index in [-0.39, 0.29) is 11.9 Å². The zero-order valence-corrected chi connectivity index (χ0v) is 17.4. The average molecular weight is 402 g/mol. The topological polar surface area (TPSA) is 77.6 Å². The molecule has 2 heterocycles. The van der Waals surface area contributed by atoms with E-state index in [9.17, 15) is 9.59 Å². The van der Waals surface area contributed by atoms with Crippen molar-refractivity contribution in [1.82, 2.24) is 20.1 Å². The smallest absolute Gasteiger partial charge is 0.317 e. The number of benzene rings is 1. The van der Waals surface area contributed by atoms with Crippen molar-refractivity contribution in [2.24, 2.45) is 0 Å². The Morgan fingerprint density at radius 3 is 2.57 bits per heavy atom. The van der Waals surface area contributed by atoms with E-state index < -0.39 is 0 Å². The summed E-state index contributed by atoms with van der Waals surface area (Å²) in [4.78, 5) is 32.6. The lowest BCUT2D eigenvalue weighted by Gasteiger charge is -2.34. The molecule has 0 radical (unpaired) electrons. The minimum absolute atomic E-state index is 0.0340. The van der Waals surface area contributed by atoms with Gasteiger partial charge in [0.25, 0.3) is 0 Å². The Kier molecular flexibility index (Phi) is 6.64. The molecule has 0 atom stereocenters. The van der Waals surface area contributed by atoms with Crippen molar-refractivity contribution in [2.45, 2.75) is 20.8 Å². The molecule has 7 nitrogen and oxygen atoms in total. The van der Waals surface area contributed by atoms with E-state index in [0.717, 1.165) is 11.3 Å². The van der Waals surface area contributed by atoms with Crippen LogP contribution in [0, 0.1) is 13.8 Å². The Morgan fingerprint density at radius 1 is 1.14 bits per heavy atom. The van der Waals surface area contributed by atoms with E-state index in [0.29, 0.717) is 44.4 Å². The van der Waals surface area contributed by atoms with Gasteiger partial charge in [-0.3, -0.25) is 9.69 Å². The summed E-state index contributed by atoms with van der Waals surface area (Å²) in [6, 6.07) is 6.22. The summed E-state index contributed by atoms with van der Waals surface area (Å²) in [6.45, 7) is 9.65. The van der Waals surface area contributed by atoms with E-state index in [2.05, 4.69) is 52.6 Å². The van der Waals surface area contributed by atoms with Crippen molar-refractivity contribution in [3.8, 4) is 11.3 Å². The summed E-state index contributed by atoms with van der Waals surface area (Å²) in [5.74, 6) is -0.0764. The van der Waals surface area contributed by atoms with Gasteiger partial charge in [-0.1, -0.05) is 12.1 Å². The highest BCUT2D eigenvalue weighted by Gasteiger charge is 2.22. The molecule has 8 heteroatoms. The average Bonchev–Trinajstić information content (AvgIpc) is 3.13. The standard InChI is InChI=1S/C20H27N5O2S/c1-4-21-20(27)25-9-7-24(8-10-25)12-18(26)23-19-22-17(13-28-19)16-6-5-14(2)15(3)11-16/h5-6,11,13H,4,7-10,12H2,1-3H3,(H,21,27)(H,22,23,26). The molecule has 3 amide bonds. The van der Waals surface area contributed by atoms with Gasteiger partial charge in [0.2, 0.25) is 5.91 Å². The van der Waals surface area contributed by atoms with Crippen LogP contribution in [0.5, 0.6) is 0 Å². The predicted octanol–water partition coefficient (Wildman–Crippen LogP) is 2.71. The lowest BCUT2D eigenvalue weighted by molar-refractivity contribution is -0.117. The highest BCUT2D eigenvalue weighted by atomic mass is 32.1. The molecule has 0 aliphatic carbocycles. The maximum atomic E-state index is 12.4. The Morgan fingerprint density at radius 2 is 1.89 bits per heavy atom. The quantitative estimate of drug-likeness (QED) is 0.808. The monoisotopic (exact) mass is 401 g/mol. The predicted molar refractivity (Wildman–Crippen MR) is 113 cm³/mol. The zero-order chi connectivity index (χ0) is 20.1. The summed E-state index contributed by atoms with van der Waals surface area (Å²) < 4.78 is 0. The normalized spacial score (nSPS) is 14.8. The van der Waals surface area contributed by atoms with Crippen LogP contribution in [0.2, 0.25) is 0 Å². The van der Waals surface area contributed by atoms with E-state index >= 15 is 0 Å². The Bertz CT molecular complexity index is 843. The number of thiazole rings is 1. The molecule has 2 N–H and O–H groups in total. The second kappa shape index (κ2) is 9.16. The first kappa shape index (κ1) is 20.3. The molecule has 1 saturated heterocycles. The lowest BCUT2D eigenvalue weighted by atomic mass is 10.1. The number of aromatic nitrogens is 1. The highest BCUT2D eigenvalue weighted by molar-refractivity contribution is 7.14. The zero-order valence-electron chi connectivity index (χ0n) is 16.6. The van der Waals surface area contributed by atoms with Gasteiger partial charge in [-0.2, -0.15) is 0 Å². The van der Waals surface area contributed by atoms with Crippen molar-refractivity contribution >= 4 is 28.4 Å². The van der Waals surface area contributed by atoms with Gasteiger partial charge in [0.05, 0.1) is 12.2 Å².